The molecule has 1 atom stereocenters. The van der Waals surface area contributed by atoms with E-state index in [1.165, 1.54) is 5.56 Å². The predicted molar refractivity (Wildman–Crippen MR) is 85.2 cm³/mol. The number of hydrogen-bond acceptors (Lipinski definition) is 2. The summed E-state index contributed by atoms with van der Waals surface area (Å²) in [6.07, 6.45) is 1.85. The summed E-state index contributed by atoms with van der Waals surface area (Å²) in [4.78, 5) is 9.41. The molecular formula is C19H14N2. The minimum absolute atomic E-state index is 0.116. The summed E-state index contributed by atoms with van der Waals surface area (Å²) < 4.78 is 0. The van der Waals surface area contributed by atoms with Gasteiger partial charge in [-0.3, -0.25) is 9.98 Å². The van der Waals surface area contributed by atoms with Gasteiger partial charge in [-0.2, -0.15) is 0 Å². The average Bonchev–Trinajstić information content (AvgIpc) is 2.96. The van der Waals surface area contributed by atoms with Crippen LogP contribution in [0.15, 0.2) is 84.0 Å². The summed E-state index contributed by atoms with van der Waals surface area (Å²) >= 11 is 0. The highest BCUT2D eigenvalue weighted by Crippen LogP contribution is 2.40. The Kier molecular flexibility index (Phi) is 2.86. The summed E-state index contributed by atoms with van der Waals surface area (Å²) in [5.41, 5.74) is 5.56. The van der Waals surface area contributed by atoms with Crippen LogP contribution in [0.25, 0.3) is 0 Å². The van der Waals surface area contributed by atoms with Crippen molar-refractivity contribution in [2.75, 3.05) is 0 Å². The molecule has 0 fully saturated rings. The van der Waals surface area contributed by atoms with Crippen molar-refractivity contribution in [1.29, 1.82) is 0 Å². The van der Waals surface area contributed by atoms with Crippen LogP contribution >= 0.6 is 0 Å². The molecule has 0 saturated heterocycles. The molecule has 3 aromatic rings. The first kappa shape index (κ1) is 12.0. The Morgan fingerprint density at radius 3 is 2.29 bits per heavy atom. The lowest BCUT2D eigenvalue weighted by molar-refractivity contribution is 1.02. The Bertz CT molecular complexity index is 792. The fourth-order valence-corrected chi connectivity index (χ4v) is 2.86. The van der Waals surface area contributed by atoms with Gasteiger partial charge in [0.2, 0.25) is 0 Å². The second-order valence-electron chi connectivity index (χ2n) is 5.11. The van der Waals surface area contributed by atoms with Gasteiger partial charge in [-0.25, -0.2) is 0 Å². The summed E-state index contributed by atoms with van der Waals surface area (Å²) in [6.45, 7) is 0. The Hall–Kier alpha value is -2.74. The van der Waals surface area contributed by atoms with Crippen LogP contribution in [-0.4, -0.2) is 10.7 Å². The second-order valence-corrected chi connectivity index (χ2v) is 5.11. The van der Waals surface area contributed by atoms with Crippen molar-refractivity contribution in [3.63, 3.8) is 0 Å². The average molecular weight is 270 g/mol. The largest absolute Gasteiger partial charge is 0.260 e. The van der Waals surface area contributed by atoms with Crippen LogP contribution in [0, 0.1) is 0 Å². The van der Waals surface area contributed by atoms with E-state index >= 15 is 0 Å². The maximum absolute atomic E-state index is 4.86. The maximum Gasteiger partial charge on any atom is 0.0713 e. The third-order valence-corrected chi connectivity index (χ3v) is 3.82. The number of pyridine rings is 1. The molecule has 0 N–H and O–H groups in total. The number of fused-ring (bicyclic) bond motifs is 1. The smallest absolute Gasteiger partial charge is 0.0713 e. The molecule has 0 spiro atoms. The molecule has 2 heterocycles. The SMILES string of the molecule is c1ccc(C2=Nc3ccccc3C2c2ccccn2)cc1. The van der Waals surface area contributed by atoms with Gasteiger partial charge < -0.3 is 0 Å². The van der Waals surface area contributed by atoms with Crippen molar-refractivity contribution in [3.8, 4) is 0 Å². The number of hydrogen-bond donors (Lipinski definition) is 0. The number of para-hydroxylation sites is 1. The summed E-state index contributed by atoms with van der Waals surface area (Å²) in [5, 5.41) is 0. The van der Waals surface area contributed by atoms with Crippen LogP contribution in [0.5, 0.6) is 0 Å². The van der Waals surface area contributed by atoms with Crippen molar-refractivity contribution in [2.45, 2.75) is 5.92 Å². The van der Waals surface area contributed by atoms with E-state index in [2.05, 4.69) is 53.5 Å². The molecule has 2 heteroatoms. The highest BCUT2D eigenvalue weighted by Gasteiger charge is 2.30. The molecule has 1 aliphatic rings. The molecule has 1 unspecified atom stereocenters. The lowest BCUT2D eigenvalue weighted by atomic mass is 9.89. The van der Waals surface area contributed by atoms with E-state index in [-0.39, 0.29) is 5.92 Å². The number of rotatable bonds is 2. The van der Waals surface area contributed by atoms with E-state index in [4.69, 9.17) is 4.99 Å². The molecule has 4 rings (SSSR count). The normalized spacial score (nSPS) is 16.4. The van der Waals surface area contributed by atoms with E-state index in [9.17, 15) is 0 Å². The number of aliphatic imine (C=N–C) groups is 1. The van der Waals surface area contributed by atoms with E-state index < -0.39 is 0 Å². The molecule has 0 saturated carbocycles. The van der Waals surface area contributed by atoms with Gasteiger partial charge in [-0.1, -0.05) is 54.6 Å². The van der Waals surface area contributed by atoms with Crippen LogP contribution in [0.2, 0.25) is 0 Å². The zero-order valence-corrected chi connectivity index (χ0v) is 11.5. The van der Waals surface area contributed by atoms with Crippen molar-refractivity contribution in [2.24, 2.45) is 4.99 Å². The fourth-order valence-electron chi connectivity index (χ4n) is 2.86. The van der Waals surface area contributed by atoms with E-state index in [1.54, 1.807) is 0 Å². The Morgan fingerprint density at radius 1 is 0.714 bits per heavy atom. The van der Waals surface area contributed by atoms with Crippen LogP contribution in [-0.2, 0) is 0 Å². The highest BCUT2D eigenvalue weighted by atomic mass is 14.8. The first-order valence-electron chi connectivity index (χ1n) is 7.07. The molecule has 2 aromatic carbocycles. The molecule has 0 amide bonds. The van der Waals surface area contributed by atoms with Crippen LogP contribution in [0.3, 0.4) is 0 Å². The van der Waals surface area contributed by atoms with Gasteiger partial charge in [0.25, 0.3) is 0 Å². The zero-order valence-electron chi connectivity index (χ0n) is 11.5. The molecular weight excluding hydrogens is 256 g/mol. The van der Waals surface area contributed by atoms with Crippen molar-refractivity contribution in [1.82, 2.24) is 4.98 Å². The Labute approximate surface area is 123 Å². The van der Waals surface area contributed by atoms with Crippen LogP contribution in [0.1, 0.15) is 22.7 Å². The lowest BCUT2D eigenvalue weighted by Crippen LogP contribution is -2.12. The maximum atomic E-state index is 4.86. The molecule has 100 valence electrons. The third kappa shape index (κ3) is 2.05. The molecule has 2 nitrogen and oxygen atoms in total. The van der Waals surface area contributed by atoms with Gasteiger partial charge in [0.15, 0.2) is 0 Å². The molecule has 21 heavy (non-hydrogen) atoms. The number of benzene rings is 2. The minimum atomic E-state index is 0.116. The van der Waals surface area contributed by atoms with Gasteiger partial charge in [-0.05, 0) is 29.3 Å². The fraction of sp³-hybridized carbons (Fsp3) is 0.0526. The van der Waals surface area contributed by atoms with E-state index in [0.29, 0.717) is 0 Å². The van der Waals surface area contributed by atoms with Gasteiger partial charge in [0.05, 0.1) is 23.0 Å². The topological polar surface area (TPSA) is 25.2 Å². The zero-order chi connectivity index (χ0) is 14.1. The third-order valence-electron chi connectivity index (χ3n) is 3.82. The molecule has 0 radical (unpaired) electrons. The standard InChI is InChI=1S/C19H14N2/c1-2-8-14(9-3-1)19-18(17-12-6-7-13-20-17)15-10-4-5-11-16(15)21-19/h1-13,18H. The van der Waals surface area contributed by atoms with Crippen molar-refractivity contribution in [3.05, 3.63) is 95.8 Å². The van der Waals surface area contributed by atoms with Crippen molar-refractivity contribution >= 4 is 11.4 Å². The van der Waals surface area contributed by atoms with Crippen LogP contribution in [0.4, 0.5) is 5.69 Å². The van der Waals surface area contributed by atoms with Gasteiger partial charge >= 0.3 is 0 Å². The first-order valence-corrected chi connectivity index (χ1v) is 7.07. The quantitative estimate of drug-likeness (QED) is 0.679. The molecule has 1 aliphatic heterocycles. The van der Waals surface area contributed by atoms with E-state index in [0.717, 1.165) is 22.7 Å². The highest BCUT2D eigenvalue weighted by molar-refractivity contribution is 6.11. The molecule has 0 aliphatic carbocycles. The summed E-state index contributed by atoms with van der Waals surface area (Å²) in [7, 11) is 0. The summed E-state index contributed by atoms with van der Waals surface area (Å²) in [5.74, 6) is 0.116. The minimum Gasteiger partial charge on any atom is -0.260 e. The van der Waals surface area contributed by atoms with Gasteiger partial charge in [-0.15, -0.1) is 0 Å². The lowest BCUT2D eigenvalue weighted by Gasteiger charge is -2.14. The van der Waals surface area contributed by atoms with E-state index in [1.807, 2.05) is 30.5 Å². The summed E-state index contributed by atoms with van der Waals surface area (Å²) in [6, 6.07) is 24.7. The monoisotopic (exact) mass is 270 g/mol. The predicted octanol–water partition coefficient (Wildman–Crippen LogP) is 4.35. The number of aromatic nitrogens is 1. The van der Waals surface area contributed by atoms with Crippen molar-refractivity contribution < 1.29 is 0 Å². The van der Waals surface area contributed by atoms with Gasteiger partial charge in [0.1, 0.15) is 0 Å². The first-order chi connectivity index (χ1) is 10.4. The van der Waals surface area contributed by atoms with Gasteiger partial charge in [0, 0.05) is 6.20 Å². The second kappa shape index (κ2) is 4.98. The number of nitrogens with zero attached hydrogens (tertiary/aromatic N) is 2. The Morgan fingerprint density at radius 2 is 1.48 bits per heavy atom. The Balaban J connectivity index is 1.90. The molecule has 0 bridgehead atoms. The van der Waals surface area contributed by atoms with Crippen LogP contribution < -0.4 is 0 Å². The molecule has 1 aromatic heterocycles.